The molecule has 1 unspecified atom stereocenters. The van der Waals surface area contributed by atoms with E-state index in [4.69, 9.17) is 0 Å². The van der Waals surface area contributed by atoms with Gasteiger partial charge in [-0.1, -0.05) is 24.3 Å². The van der Waals surface area contributed by atoms with Crippen LogP contribution in [0.3, 0.4) is 0 Å². The summed E-state index contributed by atoms with van der Waals surface area (Å²) in [6, 6.07) is 9.07. The average Bonchev–Trinajstić information content (AvgIpc) is 2.93. The minimum Gasteiger partial charge on any atom is -0.355 e. The molecule has 7 heteroatoms. The van der Waals surface area contributed by atoms with Gasteiger partial charge in [-0.15, -0.1) is 24.0 Å². The summed E-state index contributed by atoms with van der Waals surface area (Å²) in [4.78, 5) is 6.90. The number of guanidine groups is 1. The summed E-state index contributed by atoms with van der Waals surface area (Å²) in [6.07, 6.45) is 2.08. The number of hydrogen-bond acceptors (Lipinski definition) is 3. The zero-order valence-corrected chi connectivity index (χ0v) is 20.7. The molecule has 6 nitrogen and oxygen atoms in total. The van der Waals surface area contributed by atoms with Crippen LogP contribution in [0.1, 0.15) is 35.0 Å². The minimum atomic E-state index is 0. The van der Waals surface area contributed by atoms with E-state index in [9.17, 15) is 0 Å². The number of benzene rings is 1. The molecule has 1 aliphatic heterocycles. The Balaban J connectivity index is 0.00000300. The van der Waals surface area contributed by atoms with Crippen molar-refractivity contribution in [1.82, 2.24) is 25.3 Å². The van der Waals surface area contributed by atoms with E-state index in [1.54, 1.807) is 0 Å². The lowest BCUT2D eigenvalue weighted by Gasteiger charge is -2.29. The van der Waals surface area contributed by atoms with Gasteiger partial charge in [0.05, 0.1) is 5.69 Å². The molecule has 160 valence electrons. The number of nitrogens with zero attached hydrogens (tertiary/aromatic N) is 4. The van der Waals surface area contributed by atoms with Gasteiger partial charge in [-0.2, -0.15) is 5.10 Å². The van der Waals surface area contributed by atoms with Crippen LogP contribution in [0.5, 0.6) is 0 Å². The number of hydrogen-bond donors (Lipinski definition) is 2. The van der Waals surface area contributed by atoms with Crippen LogP contribution in [0.2, 0.25) is 0 Å². The van der Waals surface area contributed by atoms with Crippen molar-refractivity contribution in [3.05, 3.63) is 52.3 Å². The molecule has 0 bridgehead atoms. The SMILES string of the molecule is CN=C(NCCN1CCc2ccccc2C1)NC(C)Cc1c(C)nn(C)c1C.I. The first kappa shape index (κ1) is 23.7. The summed E-state index contributed by atoms with van der Waals surface area (Å²) in [6.45, 7) is 10.5. The molecule has 29 heavy (non-hydrogen) atoms. The van der Waals surface area contributed by atoms with Gasteiger partial charge in [0.15, 0.2) is 5.96 Å². The zero-order valence-electron chi connectivity index (χ0n) is 18.3. The second kappa shape index (κ2) is 11.0. The molecule has 2 heterocycles. The van der Waals surface area contributed by atoms with Crippen LogP contribution >= 0.6 is 24.0 Å². The Hall–Kier alpha value is -1.61. The lowest BCUT2D eigenvalue weighted by Crippen LogP contribution is -2.46. The van der Waals surface area contributed by atoms with Gasteiger partial charge in [0.2, 0.25) is 0 Å². The molecular formula is C22H35IN6. The third-order valence-corrected chi connectivity index (χ3v) is 5.71. The molecule has 2 N–H and O–H groups in total. The zero-order chi connectivity index (χ0) is 20.1. The van der Waals surface area contributed by atoms with Gasteiger partial charge in [0.25, 0.3) is 0 Å². The van der Waals surface area contributed by atoms with Crippen molar-refractivity contribution < 1.29 is 0 Å². The van der Waals surface area contributed by atoms with Crippen LogP contribution in [-0.4, -0.2) is 53.4 Å². The van der Waals surface area contributed by atoms with Gasteiger partial charge in [-0.3, -0.25) is 14.6 Å². The maximum absolute atomic E-state index is 4.52. The van der Waals surface area contributed by atoms with E-state index in [2.05, 4.69) is 70.7 Å². The van der Waals surface area contributed by atoms with Crippen molar-refractivity contribution in [3.63, 3.8) is 0 Å². The highest BCUT2D eigenvalue weighted by molar-refractivity contribution is 14.0. The molecule has 0 radical (unpaired) electrons. The second-order valence-corrected chi connectivity index (χ2v) is 7.82. The molecule has 1 atom stereocenters. The van der Waals surface area contributed by atoms with Crippen LogP contribution in [-0.2, 0) is 26.4 Å². The monoisotopic (exact) mass is 510 g/mol. The summed E-state index contributed by atoms with van der Waals surface area (Å²) in [5.41, 5.74) is 6.64. The van der Waals surface area contributed by atoms with Crippen molar-refractivity contribution >= 4 is 29.9 Å². The molecule has 1 aliphatic rings. The Morgan fingerprint density at radius 1 is 1.24 bits per heavy atom. The van der Waals surface area contributed by atoms with E-state index in [1.807, 2.05) is 18.8 Å². The normalized spacial score (nSPS) is 15.4. The van der Waals surface area contributed by atoms with Gasteiger partial charge in [0.1, 0.15) is 0 Å². The smallest absolute Gasteiger partial charge is 0.191 e. The van der Waals surface area contributed by atoms with Crippen LogP contribution in [0, 0.1) is 13.8 Å². The lowest BCUT2D eigenvalue weighted by molar-refractivity contribution is 0.258. The van der Waals surface area contributed by atoms with Gasteiger partial charge in [0, 0.05) is 52.0 Å². The van der Waals surface area contributed by atoms with Crippen LogP contribution < -0.4 is 10.6 Å². The summed E-state index contributed by atoms with van der Waals surface area (Å²) in [5.74, 6) is 0.865. The highest BCUT2D eigenvalue weighted by Crippen LogP contribution is 2.18. The van der Waals surface area contributed by atoms with E-state index in [0.29, 0.717) is 0 Å². The molecule has 0 spiro atoms. The first-order valence-corrected chi connectivity index (χ1v) is 10.2. The van der Waals surface area contributed by atoms with E-state index < -0.39 is 0 Å². The summed E-state index contributed by atoms with van der Waals surface area (Å²) in [7, 11) is 3.84. The summed E-state index contributed by atoms with van der Waals surface area (Å²) in [5, 5.41) is 11.5. The Bertz CT molecular complexity index is 829. The van der Waals surface area contributed by atoms with Crippen molar-refractivity contribution in [1.29, 1.82) is 0 Å². The fourth-order valence-corrected chi connectivity index (χ4v) is 3.98. The Morgan fingerprint density at radius 3 is 2.62 bits per heavy atom. The fraction of sp³-hybridized carbons (Fsp3) is 0.545. The number of nitrogens with one attached hydrogen (secondary N) is 2. The largest absolute Gasteiger partial charge is 0.355 e. The fourth-order valence-electron chi connectivity index (χ4n) is 3.98. The highest BCUT2D eigenvalue weighted by Gasteiger charge is 2.16. The average molecular weight is 510 g/mol. The predicted octanol–water partition coefficient (Wildman–Crippen LogP) is 2.81. The number of aryl methyl sites for hydroxylation is 2. The molecule has 0 saturated heterocycles. The quantitative estimate of drug-likeness (QED) is 0.357. The number of fused-ring (bicyclic) bond motifs is 1. The number of aromatic nitrogens is 2. The van der Waals surface area contributed by atoms with Crippen LogP contribution in [0.25, 0.3) is 0 Å². The second-order valence-electron chi connectivity index (χ2n) is 7.82. The minimum absolute atomic E-state index is 0. The number of halogens is 1. The Morgan fingerprint density at radius 2 is 1.97 bits per heavy atom. The highest BCUT2D eigenvalue weighted by atomic mass is 127. The van der Waals surface area contributed by atoms with Crippen LogP contribution in [0.15, 0.2) is 29.3 Å². The summed E-state index contributed by atoms with van der Waals surface area (Å²) >= 11 is 0. The molecule has 1 aromatic heterocycles. The summed E-state index contributed by atoms with van der Waals surface area (Å²) < 4.78 is 1.96. The molecule has 0 fully saturated rings. The molecule has 2 aromatic rings. The Labute approximate surface area is 192 Å². The molecule has 0 amide bonds. The van der Waals surface area contributed by atoms with Gasteiger partial charge >= 0.3 is 0 Å². The van der Waals surface area contributed by atoms with Gasteiger partial charge < -0.3 is 10.6 Å². The van der Waals surface area contributed by atoms with Crippen molar-refractivity contribution in [2.24, 2.45) is 12.0 Å². The molecule has 1 aromatic carbocycles. The van der Waals surface area contributed by atoms with E-state index >= 15 is 0 Å². The lowest BCUT2D eigenvalue weighted by atomic mass is 10.00. The first-order valence-electron chi connectivity index (χ1n) is 10.2. The topological polar surface area (TPSA) is 57.5 Å². The number of rotatable bonds is 6. The maximum atomic E-state index is 4.52. The standard InChI is InChI=1S/C22H34N6.HI/c1-16(14-21-17(2)26-27(5)18(21)3)25-22(23-4)24-11-13-28-12-10-19-8-6-7-9-20(19)15-28;/h6-9,16H,10-15H2,1-5H3,(H2,23,24,25);1H. The Kier molecular flexibility index (Phi) is 8.95. The van der Waals surface area contributed by atoms with Crippen molar-refractivity contribution in [3.8, 4) is 0 Å². The third-order valence-electron chi connectivity index (χ3n) is 5.71. The van der Waals surface area contributed by atoms with Gasteiger partial charge in [-0.05, 0) is 50.3 Å². The van der Waals surface area contributed by atoms with E-state index in [-0.39, 0.29) is 30.0 Å². The third kappa shape index (κ3) is 6.18. The molecular weight excluding hydrogens is 475 g/mol. The van der Waals surface area contributed by atoms with Crippen molar-refractivity contribution in [2.45, 2.75) is 46.2 Å². The van der Waals surface area contributed by atoms with Gasteiger partial charge in [-0.25, -0.2) is 0 Å². The molecule has 0 saturated carbocycles. The van der Waals surface area contributed by atoms with Crippen LogP contribution in [0.4, 0.5) is 0 Å². The maximum Gasteiger partial charge on any atom is 0.191 e. The first-order chi connectivity index (χ1) is 13.5. The van der Waals surface area contributed by atoms with E-state index in [1.165, 1.54) is 22.4 Å². The molecule has 3 rings (SSSR count). The predicted molar refractivity (Wildman–Crippen MR) is 131 cm³/mol. The molecule has 0 aliphatic carbocycles. The number of aliphatic imine (C=N–C) groups is 1. The van der Waals surface area contributed by atoms with E-state index in [0.717, 1.165) is 50.7 Å². The van der Waals surface area contributed by atoms with Crippen molar-refractivity contribution in [2.75, 3.05) is 26.7 Å².